The number of nitrogens with zero attached hydrogens (tertiary/aromatic N) is 6. The third-order valence-electron chi connectivity index (χ3n) is 7.07. The van der Waals surface area contributed by atoms with Crippen molar-refractivity contribution in [1.29, 1.82) is 0 Å². The van der Waals surface area contributed by atoms with Gasteiger partial charge in [-0.05, 0) is 63.1 Å². The SMILES string of the molecule is Cc1nc(N2CCC(O)C2)ccc1-n1c(=O)n(C)c2cnc3ccc(-c4cncc(OC(C)C)c4)cc3c21. The molecule has 9 heteroatoms. The molecule has 5 heterocycles. The molecule has 0 aliphatic carbocycles. The summed E-state index contributed by atoms with van der Waals surface area (Å²) in [6.45, 7) is 7.21. The van der Waals surface area contributed by atoms with Crippen molar-refractivity contribution in [1.82, 2.24) is 24.1 Å². The van der Waals surface area contributed by atoms with E-state index in [1.807, 2.05) is 57.3 Å². The largest absolute Gasteiger partial charge is 0.489 e. The van der Waals surface area contributed by atoms with Crippen LogP contribution < -0.4 is 15.3 Å². The van der Waals surface area contributed by atoms with Crippen LogP contribution in [0.5, 0.6) is 5.75 Å². The Morgan fingerprint density at radius 1 is 1.08 bits per heavy atom. The molecule has 1 fully saturated rings. The second kappa shape index (κ2) is 9.25. The van der Waals surface area contributed by atoms with Crippen LogP contribution in [0.15, 0.2) is 59.8 Å². The van der Waals surface area contributed by atoms with Gasteiger partial charge in [0, 0.05) is 37.3 Å². The molecule has 1 saturated heterocycles. The zero-order valence-corrected chi connectivity index (χ0v) is 21.9. The average Bonchev–Trinajstić information content (AvgIpc) is 3.44. The van der Waals surface area contributed by atoms with Crippen molar-refractivity contribution in [3.05, 3.63) is 71.2 Å². The van der Waals surface area contributed by atoms with Crippen LogP contribution in [0.25, 0.3) is 38.8 Å². The molecule has 0 radical (unpaired) electrons. The Kier molecular flexibility index (Phi) is 5.87. The van der Waals surface area contributed by atoms with E-state index < -0.39 is 0 Å². The number of benzene rings is 1. The summed E-state index contributed by atoms with van der Waals surface area (Å²) in [7, 11) is 1.76. The number of rotatable bonds is 5. The van der Waals surface area contributed by atoms with Crippen LogP contribution in [0, 0.1) is 6.92 Å². The van der Waals surface area contributed by atoms with E-state index in [2.05, 4.69) is 20.9 Å². The van der Waals surface area contributed by atoms with Crippen molar-refractivity contribution in [3.63, 3.8) is 0 Å². The van der Waals surface area contributed by atoms with Crippen LogP contribution in [0.1, 0.15) is 26.0 Å². The number of aliphatic hydroxyl groups is 1. The first-order valence-corrected chi connectivity index (χ1v) is 12.8. The Labute approximate surface area is 220 Å². The molecule has 194 valence electrons. The fourth-order valence-electron chi connectivity index (χ4n) is 5.22. The highest BCUT2D eigenvalue weighted by Crippen LogP contribution is 2.31. The van der Waals surface area contributed by atoms with E-state index in [9.17, 15) is 9.90 Å². The van der Waals surface area contributed by atoms with E-state index in [1.165, 1.54) is 0 Å². The number of ether oxygens (including phenoxy) is 1. The number of imidazole rings is 1. The van der Waals surface area contributed by atoms with Gasteiger partial charge in [0.1, 0.15) is 11.6 Å². The molecule has 0 saturated carbocycles. The molecule has 4 aromatic heterocycles. The summed E-state index contributed by atoms with van der Waals surface area (Å²) in [5.41, 5.74) is 5.47. The van der Waals surface area contributed by atoms with Crippen LogP contribution in [0.3, 0.4) is 0 Å². The van der Waals surface area contributed by atoms with Gasteiger partial charge in [-0.2, -0.15) is 0 Å². The lowest BCUT2D eigenvalue weighted by Crippen LogP contribution is -2.24. The number of aliphatic hydroxyl groups excluding tert-OH is 1. The first-order valence-electron chi connectivity index (χ1n) is 12.8. The Morgan fingerprint density at radius 3 is 2.66 bits per heavy atom. The monoisotopic (exact) mass is 510 g/mol. The van der Waals surface area contributed by atoms with Crippen LogP contribution in [0.4, 0.5) is 5.82 Å². The minimum atomic E-state index is -0.335. The van der Waals surface area contributed by atoms with Crippen molar-refractivity contribution < 1.29 is 9.84 Å². The fourth-order valence-corrected chi connectivity index (χ4v) is 5.22. The number of hydrogen-bond donors (Lipinski definition) is 1. The third kappa shape index (κ3) is 4.09. The standard InChI is InChI=1S/C29H30N6O3/c1-17(2)38-22-11-20(13-30-14-22)19-5-6-24-23(12-19)28-26(15-31-24)33(4)29(37)35(28)25-7-8-27(32-18(25)3)34-10-9-21(36)16-34/h5-8,11-15,17,21,36H,9-10,16H2,1-4H3. The summed E-state index contributed by atoms with van der Waals surface area (Å²) in [4.78, 5) is 29.5. The molecule has 1 aromatic carbocycles. The highest BCUT2D eigenvalue weighted by molar-refractivity contribution is 6.04. The number of pyridine rings is 3. The highest BCUT2D eigenvalue weighted by Gasteiger charge is 2.23. The van der Waals surface area contributed by atoms with Crippen LogP contribution >= 0.6 is 0 Å². The minimum Gasteiger partial charge on any atom is -0.489 e. The van der Waals surface area contributed by atoms with Crippen molar-refractivity contribution in [3.8, 4) is 22.6 Å². The molecular formula is C29H30N6O3. The maximum atomic E-state index is 13.6. The van der Waals surface area contributed by atoms with Gasteiger partial charge < -0.3 is 14.7 Å². The first-order chi connectivity index (χ1) is 18.3. The van der Waals surface area contributed by atoms with Gasteiger partial charge >= 0.3 is 5.69 Å². The van der Waals surface area contributed by atoms with Crippen molar-refractivity contribution in [2.24, 2.45) is 7.05 Å². The highest BCUT2D eigenvalue weighted by atomic mass is 16.5. The molecule has 0 bridgehead atoms. The second-order valence-corrected chi connectivity index (χ2v) is 10.1. The van der Waals surface area contributed by atoms with Crippen LogP contribution in [0.2, 0.25) is 0 Å². The minimum absolute atomic E-state index is 0.0463. The third-order valence-corrected chi connectivity index (χ3v) is 7.07. The zero-order valence-electron chi connectivity index (χ0n) is 21.9. The second-order valence-electron chi connectivity index (χ2n) is 10.1. The van der Waals surface area contributed by atoms with E-state index in [-0.39, 0.29) is 17.9 Å². The fraction of sp³-hybridized carbons (Fsp3) is 0.310. The molecule has 1 aliphatic heterocycles. The Hall–Kier alpha value is -4.24. The Morgan fingerprint density at radius 2 is 1.92 bits per heavy atom. The van der Waals surface area contributed by atoms with E-state index in [0.717, 1.165) is 63.2 Å². The number of anilines is 1. The number of hydrogen-bond acceptors (Lipinski definition) is 7. The summed E-state index contributed by atoms with van der Waals surface area (Å²) in [5, 5.41) is 10.8. The zero-order chi connectivity index (χ0) is 26.6. The molecule has 38 heavy (non-hydrogen) atoms. The Balaban J connectivity index is 1.53. The van der Waals surface area contributed by atoms with Gasteiger partial charge in [-0.3, -0.25) is 19.1 Å². The number of fused-ring (bicyclic) bond motifs is 3. The van der Waals surface area contributed by atoms with Gasteiger partial charge in [-0.25, -0.2) is 9.78 Å². The summed E-state index contributed by atoms with van der Waals surface area (Å²) in [6, 6.07) is 11.9. The van der Waals surface area contributed by atoms with Gasteiger partial charge in [0.2, 0.25) is 0 Å². The predicted octanol–water partition coefficient (Wildman–Crippen LogP) is 4.00. The summed E-state index contributed by atoms with van der Waals surface area (Å²) in [5.74, 6) is 1.51. The van der Waals surface area contributed by atoms with Crippen LogP contribution in [-0.2, 0) is 7.05 Å². The molecule has 1 aliphatic rings. The number of aryl methyl sites for hydroxylation is 2. The maximum Gasteiger partial charge on any atom is 0.333 e. The molecule has 0 spiro atoms. The predicted molar refractivity (Wildman–Crippen MR) is 148 cm³/mol. The van der Waals surface area contributed by atoms with Gasteiger partial charge in [-0.1, -0.05) is 6.07 Å². The quantitative estimate of drug-likeness (QED) is 0.382. The molecule has 5 aromatic rings. The summed E-state index contributed by atoms with van der Waals surface area (Å²) >= 11 is 0. The molecule has 9 nitrogen and oxygen atoms in total. The summed E-state index contributed by atoms with van der Waals surface area (Å²) < 4.78 is 9.20. The topological polar surface area (TPSA) is 98.3 Å². The smallest absolute Gasteiger partial charge is 0.333 e. The Bertz CT molecular complexity index is 1740. The maximum absolute atomic E-state index is 13.6. The number of β-amino-alcohol motifs (C(OH)–C–C–N with tert-alkyl or cyclic N) is 1. The van der Waals surface area contributed by atoms with Gasteiger partial charge in [0.15, 0.2) is 0 Å². The van der Waals surface area contributed by atoms with E-state index >= 15 is 0 Å². The first kappa shape index (κ1) is 24.1. The van der Waals surface area contributed by atoms with Gasteiger partial charge in [-0.15, -0.1) is 0 Å². The lowest BCUT2D eigenvalue weighted by molar-refractivity contribution is 0.198. The van der Waals surface area contributed by atoms with Crippen molar-refractivity contribution >= 4 is 27.8 Å². The van der Waals surface area contributed by atoms with Crippen molar-refractivity contribution in [2.75, 3.05) is 18.0 Å². The van der Waals surface area contributed by atoms with E-state index in [1.54, 1.807) is 28.6 Å². The molecule has 1 N–H and O–H groups in total. The molecule has 1 unspecified atom stereocenters. The normalized spacial score (nSPS) is 15.7. The van der Waals surface area contributed by atoms with Crippen molar-refractivity contribution in [2.45, 2.75) is 39.4 Å². The molecular weight excluding hydrogens is 480 g/mol. The van der Waals surface area contributed by atoms with Gasteiger partial charge in [0.25, 0.3) is 0 Å². The van der Waals surface area contributed by atoms with E-state index in [0.29, 0.717) is 12.3 Å². The lowest BCUT2D eigenvalue weighted by atomic mass is 10.0. The van der Waals surface area contributed by atoms with E-state index in [4.69, 9.17) is 9.72 Å². The molecule has 6 rings (SSSR count). The molecule has 1 atom stereocenters. The average molecular weight is 511 g/mol. The number of aromatic nitrogens is 5. The summed E-state index contributed by atoms with van der Waals surface area (Å²) in [6.07, 6.45) is 5.71. The van der Waals surface area contributed by atoms with Gasteiger partial charge in [0.05, 0.1) is 52.5 Å². The van der Waals surface area contributed by atoms with Crippen LogP contribution in [-0.4, -0.2) is 54.5 Å². The molecule has 0 amide bonds. The lowest BCUT2D eigenvalue weighted by Gasteiger charge is -2.18.